The second kappa shape index (κ2) is 11.8. The van der Waals surface area contributed by atoms with E-state index in [0.29, 0.717) is 10.0 Å². The Morgan fingerprint density at radius 2 is 2.04 bits per heavy atom. The first-order valence-corrected chi connectivity index (χ1v) is 10.6. The van der Waals surface area contributed by atoms with Crippen molar-refractivity contribution in [1.29, 1.82) is 0 Å². The van der Waals surface area contributed by atoms with Gasteiger partial charge in [0.15, 0.2) is 5.96 Å². The highest BCUT2D eigenvalue weighted by Crippen LogP contribution is 2.34. The van der Waals surface area contributed by atoms with Gasteiger partial charge in [0.05, 0.1) is 12.6 Å². The zero-order valence-electron chi connectivity index (χ0n) is 15.5. The molecule has 1 saturated heterocycles. The molecule has 148 valence electrons. The van der Waals surface area contributed by atoms with Crippen molar-refractivity contribution in [2.45, 2.75) is 37.5 Å². The monoisotopic (exact) mass is 531 g/mol. The largest absolute Gasteiger partial charge is 0.381 e. The van der Waals surface area contributed by atoms with Crippen LogP contribution in [-0.2, 0) is 4.74 Å². The first-order valence-electron chi connectivity index (χ1n) is 8.62. The molecule has 0 bridgehead atoms. The second-order valence-electron chi connectivity index (χ2n) is 6.23. The summed E-state index contributed by atoms with van der Waals surface area (Å²) in [6.07, 6.45) is 4.24. The lowest BCUT2D eigenvalue weighted by atomic mass is 9.99. The summed E-state index contributed by atoms with van der Waals surface area (Å²) in [5, 5.41) is 8.07. The van der Waals surface area contributed by atoms with Crippen molar-refractivity contribution < 1.29 is 4.74 Å². The number of nitrogens with zero attached hydrogens (tertiary/aromatic N) is 1. The quantitative estimate of drug-likeness (QED) is 0.303. The Hall–Kier alpha value is 0.110. The van der Waals surface area contributed by atoms with Crippen LogP contribution < -0.4 is 10.6 Å². The minimum atomic E-state index is 0. The SMILES string of the molecule is CCNC(=NCC1(SC)CCOCC1)NC(C)c1ccc(Cl)cc1Cl.I. The number of hydrogen-bond acceptors (Lipinski definition) is 3. The maximum absolute atomic E-state index is 6.33. The highest BCUT2D eigenvalue weighted by Gasteiger charge is 2.31. The van der Waals surface area contributed by atoms with Crippen LogP contribution in [0, 0.1) is 0 Å². The van der Waals surface area contributed by atoms with Crippen molar-refractivity contribution in [2.75, 3.05) is 32.6 Å². The minimum Gasteiger partial charge on any atom is -0.381 e. The molecule has 0 saturated carbocycles. The fourth-order valence-electron chi connectivity index (χ4n) is 2.85. The van der Waals surface area contributed by atoms with Crippen molar-refractivity contribution in [1.82, 2.24) is 10.6 Å². The van der Waals surface area contributed by atoms with E-state index >= 15 is 0 Å². The van der Waals surface area contributed by atoms with Gasteiger partial charge < -0.3 is 15.4 Å². The summed E-state index contributed by atoms with van der Waals surface area (Å²) in [6.45, 7) is 7.35. The van der Waals surface area contributed by atoms with Crippen LogP contribution in [0.1, 0.15) is 38.3 Å². The van der Waals surface area contributed by atoms with E-state index in [0.717, 1.165) is 50.7 Å². The maximum Gasteiger partial charge on any atom is 0.191 e. The summed E-state index contributed by atoms with van der Waals surface area (Å²) >= 11 is 14.2. The van der Waals surface area contributed by atoms with Crippen LogP contribution in [0.4, 0.5) is 0 Å². The molecule has 2 rings (SSSR count). The molecule has 8 heteroatoms. The van der Waals surface area contributed by atoms with Crippen LogP contribution in [0.2, 0.25) is 10.0 Å². The Bertz CT molecular complexity index is 598. The van der Waals surface area contributed by atoms with Crippen molar-refractivity contribution >= 4 is 64.9 Å². The van der Waals surface area contributed by atoms with E-state index in [1.807, 2.05) is 23.9 Å². The number of ether oxygens (including phenoxy) is 1. The molecule has 26 heavy (non-hydrogen) atoms. The predicted molar refractivity (Wildman–Crippen MR) is 126 cm³/mol. The Morgan fingerprint density at radius 1 is 1.35 bits per heavy atom. The summed E-state index contributed by atoms with van der Waals surface area (Å²) in [4.78, 5) is 4.84. The van der Waals surface area contributed by atoms with Gasteiger partial charge >= 0.3 is 0 Å². The minimum absolute atomic E-state index is 0. The number of nitrogens with one attached hydrogen (secondary N) is 2. The molecule has 0 amide bonds. The molecule has 0 radical (unpaired) electrons. The standard InChI is InChI=1S/C18H27Cl2N3OS.HI/c1-4-21-17(22-12-18(25-3)7-9-24-10-8-18)23-13(2)15-6-5-14(19)11-16(15)20;/h5-6,11,13H,4,7-10,12H2,1-3H3,(H2,21,22,23);1H. The van der Waals surface area contributed by atoms with E-state index in [2.05, 4.69) is 30.7 Å². The Kier molecular flexibility index (Phi) is 11.0. The lowest BCUT2D eigenvalue weighted by Crippen LogP contribution is -2.41. The van der Waals surface area contributed by atoms with Crippen LogP contribution in [0.15, 0.2) is 23.2 Å². The van der Waals surface area contributed by atoms with Gasteiger partial charge in [-0.25, -0.2) is 0 Å². The number of thioether (sulfide) groups is 1. The van der Waals surface area contributed by atoms with Crippen LogP contribution in [0.25, 0.3) is 0 Å². The topological polar surface area (TPSA) is 45.7 Å². The third-order valence-electron chi connectivity index (χ3n) is 4.49. The predicted octanol–water partition coefficient (Wildman–Crippen LogP) is 5.14. The van der Waals surface area contributed by atoms with Crippen LogP contribution in [0.5, 0.6) is 0 Å². The molecule has 1 fully saturated rings. The smallest absolute Gasteiger partial charge is 0.191 e. The van der Waals surface area contributed by atoms with Crippen molar-refractivity contribution in [3.05, 3.63) is 33.8 Å². The second-order valence-corrected chi connectivity index (χ2v) is 8.34. The van der Waals surface area contributed by atoms with Crippen LogP contribution in [0.3, 0.4) is 0 Å². The molecular formula is C18H28Cl2IN3OS. The van der Waals surface area contributed by atoms with E-state index in [1.54, 1.807) is 6.07 Å². The van der Waals surface area contributed by atoms with E-state index in [4.69, 9.17) is 32.9 Å². The summed E-state index contributed by atoms with van der Waals surface area (Å²) < 4.78 is 5.68. The molecule has 1 heterocycles. The van der Waals surface area contributed by atoms with E-state index in [1.165, 1.54) is 0 Å². The molecular weight excluding hydrogens is 504 g/mol. The van der Waals surface area contributed by atoms with Gasteiger partial charge in [0.25, 0.3) is 0 Å². The summed E-state index contributed by atoms with van der Waals surface area (Å²) in [5.74, 6) is 0.806. The van der Waals surface area contributed by atoms with Crippen molar-refractivity contribution in [2.24, 2.45) is 4.99 Å². The van der Waals surface area contributed by atoms with Gasteiger partial charge in [0, 0.05) is 34.6 Å². The van der Waals surface area contributed by atoms with Gasteiger partial charge in [0.2, 0.25) is 0 Å². The van der Waals surface area contributed by atoms with Gasteiger partial charge in [-0.3, -0.25) is 4.99 Å². The molecule has 1 aromatic carbocycles. The number of hydrogen-bond donors (Lipinski definition) is 2. The average molecular weight is 532 g/mol. The van der Waals surface area contributed by atoms with Crippen LogP contribution in [-0.4, -0.2) is 43.3 Å². The van der Waals surface area contributed by atoms with Crippen molar-refractivity contribution in [3.8, 4) is 0 Å². The first kappa shape index (κ1) is 24.1. The first-order chi connectivity index (χ1) is 12.0. The Morgan fingerprint density at radius 3 is 2.62 bits per heavy atom. The van der Waals surface area contributed by atoms with Gasteiger partial charge in [-0.15, -0.1) is 24.0 Å². The van der Waals surface area contributed by atoms with Gasteiger partial charge in [-0.05, 0) is 50.6 Å². The highest BCUT2D eigenvalue weighted by atomic mass is 127. The molecule has 2 N–H and O–H groups in total. The summed E-state index contributed by atoms with van der Waals surface area (Å²) in [7, 11) is 0. The van der Waals surface area contributed by atoms with Gasteiger partial charge in [-0.1, -0.05) is 29.3 Å². The number of rotatable bonds is 6. The fraction of sp³-hybridized carbons (Fsp3) is 0.611. The Balaban J connectivity index is 0.00000338. The third kappa shape index (κ3) is 6.93. The molecule has 1 aliphatic rings. The lowest BCUT2D eigenvalue weighted by Gasteiger charge is -2.34. The van der Waals surface area contributed by atoms with Crippen LogP contribution >= 0.6 is 58.9 Å². The lowest BCUT2D eigenvalue weighted by molar-refractivity contribution is 0.0794. The molecule has 4 nitrogen and oxygen atoms in total. The Labute approximate surface area is 188 Å². The van der Waals surface area contributed by atoms with E-state index < -0.39 is 0 Å². The molecule has 1 unspecified atom stereocenters. The zero-order valence-corrected chi connectivity index (χ0v) is 20.1. The maximum atomic E-state index is 6.33. The normalized spacial score (nSPS) is 18.0. The molecule has 0 spiro atoms. The molecule has 0 aliphatic carbocycles. The highest BCUT2D eigenvalue weighted by molar-refractivity contribution is 14.0. The third-order valence-corrected chi connectivity index (χ3v) is 6.45. The molecule has 0 aromatic heterocycles. The molecule has 1 aromatic rings. The number of halogens is 3. The van der Waals surface area contributed by atoms with Crippen molar-refractivity contribution in [3.63, 3.8) is 0 Å². The van der Waals surface area contributed by atoms with Gasteiger partial charge in [0.1, 0.15) is 0 Å². The fourth-order valence-corrected chi connectivity index (χ4v) is 4.19. The zero-order chi connectivity index (χ0) is 18.3. The average Bonchev–Trinajstić information content (AvgIpc) is 2.60. The summed E-state index contributed by atoms with van der Waals surface area (Å²) in [6, 6.07) is 5.61. The molecule has 1 aliphatic heterocycles. The van der Waals surface area contributed by atoms with Gasteiger partial charge in [-0.2, -0.15) is 11.8 Å². The number of guanidine groups is 1. The van der Waals surface area contributed by atoms with E-state index in [-0.39, 0.29) is 34.8 Å². The number of aliphatic imine (C=N–C) groups is 1. The number of benzene rings is 1. The molecule has 1 atom stereocenters. The summed E-state index contributed by atoms with van der Waals surface area (Å²) in [5.41, 5.74) is 1.00. The van der Waals surface area contributed by atoms with E-state index in [9.17, 15) is 0 Å².